The van der Waals surface area contributed by atoms with Gasteiger partial charge in [-0.3, -0.25) is 4.90 Å². The smallest absolute Gasteiger partial charge is 0.445 e. The van der Waals surface area contributed by atoms with Crippen LogP contribution >= 0.6 is 0 Å². The Morgan fingerprint density at radius 2 is 1.58 bits per heavy atom. The highest BCUT2D eigenvalue weighted by molar-refractivity contribution is 7.87. The Labute approximate surface area is 220 Å². The Balaban J connectivity index is 1.43. The number of hydrogen-bond acceptors (Lipinski definition) is 6. The van der Waals surface area contributed by atoms with Crippen molar-refractivity contribution in [2.24, 2.45) is 0 Å². The lowest BCUT2D eigenvalue weighted by atomic mass is 9.83. The van der Waals surface area contributed by atoms with E-state index in [-0.39, 0.29) is 32.3 Å². The van der Waals surface area contributed by atoms with Crippen molar-refractivity contribution in [1.29, 1.82) is 0 Å². The van der Waals surface area contributed by atoms with Gasteiger partial charge in [0.15, 0.2) is 0 Å². The first-order chi connectivity index (χ1) is 18.1. The SMILES string of the molecule is O=C(OCc1ccccc1)N1CCC=C(OS(=O)(=O)C(F)(F)F)C1CO[C@H]1CC[C@@H](c2ccccc2)CC1. The number of carbonyl (C=O) groups is 1. The van der Waals surface area contributed by atoms with E-state index in [2.05, 4.69) is 16.3 Å². The molecule has 0 bridgehead atoms. The van der Waals surface area contributed by atoms with Gasteiger partial charge in [-0.1, -0.05) is 60.7 Å². The van der Waals surface area contributed by atoms with Crippen LogP contribution in [0.1, 0.15) is 49.1 Å². The van der Waals surface area contributed by atoms with Crippen LogP contribution in [-0.4, -0.2) is 50.2 Å². The van der Waals surface area contributed by atoms with E-state index in [0.717, 1.165) is 31.2 Å². The molecule has 2 aliphatic rings. The minimum absolute atomic E-state index is 0.0476. The lowest BCUT2D eigenvalue weighted by molar-refractivity contribution is -0.0546. The van der Waals surface area contributed by atoms with Gasteiger partial charge in [-0.05, 0) is 55.2 Å². The maximum absolute atomic E-state index is 13.1. The first-order valence-electron chi connectivity index (χ1n) is 12.5. The zero-order valence-electron chi connectivity index (χ0n) is 20.7. The molecule has 1 aliphatic heterocycles. The molecule has 0 N–H and O–H groups in total. The van der Waals surface area contributed by atoms with Gasteiger partial charge in [0.25, 0.3) is 0 Å². The van der Waals surface area contributed by atoms with E-state index in [0.29, 0.717) is 5.92 Å². The number of hydrogen-bond donors (Lipinski definition) is 0. The molecule has 2 aromatic carbocycles. The van der Waals surface area contributed by atoms with Gasteiger partial charge >= 0.3 is 21.7 Å². The zero-order chi connectivity index (χ0) is 27.2. The van der Waals surface area contributed by atoms with Crippen LogP contribution in [0, 0.1) is 0 Å². The summed E-state index contributed by atoms with van der Waals surface area (Å²) in [5.41, 5.74) is -3.63. The van der Waals surface area contributed by atoms with Gasteiger partial charge in [-0.15, -0.1) is 0 Å². The summed E-state index contributed by atoms with van der Waals surface area (Å²) in [6.07, 6.45) is 3.59. The molecule has 1 heterocycles. The van der Waals surface area contributed by atoms with Gasteiger partial charge in [-0.2, -0.15) is 21.6 Å². The van der Waals surface area contributed by atoms with Crippen molar-refractivity contribution in [3.63, 3.8) is 0 Å². The number of ether oxygens (including phenoxy) is 2. The van der Waals surface area contributed by atoms with Gasteiger partial charge in [-0.25, -0.2) is 4.79 Å². The monoisotopic (exact) mass is 553 g/mol. The molecule has 2 aromatic rings. The van der Waals surface area contributed by atoms with E-state index in [1.54, 1.807) is 24.3 Å². The molecule has 1 aliphatic carbocycles. The number of nitrogens with zero attached hydrogens (tertiary/aromatic N) is 1. The molecule has 1 saturated carbocycles. The van der Waals surface area contributed by atoms with Crippen molar-refractivity contribution in [3.8, 4) is 0 Å². The largest absolute Gasteiger partial charge is 0.534 e. The number of alkyl halides is 3. The van der Waals surface area contributed by atoms with Gasteiger partial charge < -0.3 is 13.7 Å². The molecule has 0 radical (unpaired) electrons. The Kier molecular flexibility index (Phi) is 8.99. The van der Waals surface area contributed by atoms with Crippen molar-refractivity contribution in [2.75, 3.05) is 13.2 Å². The summed E-state index contributed by atoms with van der Waals surface area (Å²) in [5, 5.41) is 0. The van der Waals surface area contributed by atoms with Crippen LogP contribution in [0.15, 0.2) is 72.5 Å². The van der Waals surface area contributed by atoms with Crippen LogP contribution in [0.2, 0.25) is 0 Å². The second-order valence-corrected chi connectivity index (χ2v) is 10.9. The second-order valence-electron chi connectivity index (χ2n) is 9.35. The van der Waals surface area contributed by atoms with E-state index in [9.17, 15) is 26.4 Å². The summed E-state index contributed by atoms with van der Waals surface area (Å²) in [7, 11) is -5.92. The van der Waals surface area contributed by atoms with Crippen LogP contribution in [0.3, 0.4) is 0 Å². The topological polar surface area (TPSA) is 82.1 Å². The molecule has 206 valence electrons. The molecule has 11 heteroatoms. The summed E-state index contributed by atoms with van der Waals surface area (Å²) < 4.78 is 78.6. The first kappa shape index (κ1) is 28.0. The predicted octanol–water partition coefficient (Wildman–Crippen LogP) is 5.89. The molecule has 1 amide bonds. The molecule has 1 fully saturated rings. The van der Waals surface area contributed by atoms with Crippen LogP contribution in [0.25, 0.3) is 0 Å². The van der Waals surface area contributed by atoms with Crippen molar-refractivity contribution in [2.45, 2.75) is 62.3 Å². The Morgan fingerprint density at radius 1 is 0.947 bits per heavy atom. The van der Waals surface area contributed by atoms with Crippen LogP contribution in [0.5, 0.6) is 0 Å². The number of halogens is 3. The van der Waals surface area contributed by atoms with E-state index in [1.807, 2.05) is 24.3 Å². The molecule has 0 aromatic heterocycles. The summed E-state index contributed by atoms with van der Waals surface area (Å²) >= 11 is 0. The van der Waals surface area contributed by atoms with Gasteiger partial charge in [0.05, 0.1) is 12.7 Å². The Bertz CT molecular complexity index is 1200. The normalized spacial score (nSPS) is 22.4. The zero-order valence-corrected chi connectivity index (χ0v) is 21.5. The van der Waals surface area contributed by atoms with Crippen molar-refractivity contribution in [3.05, 3.63) is 83.6 Å². The molecule has 4 rings (SSSR count). The lowest BCUT2D eigenvalue weighted by Gasteiger charge is -2.36. The Hall–Kier alpha value is -3.05. The van der Waals surface area contributed by atoms with Crippen LogP contribution < -0.4 is 0 Å². The van der Waals surface area contributed by atoms with Crippen molar-refractivity contribution < 1.29 is 40.0 Å². The fraction of sp³-hybridized carbons (Fsp3) is 0.444. The van der Waals surface area contributed by atoms with Crippen molar-refractivity contribution in [1.82, 2.24) is 4.90 Å². The average molecular weight is 554 g/mol. The number of rotatable bonds is 8. The molecule has 0 spiro atoms. The molecule has 38 heavy (non-hydrogen) atoms. The summed E-state index contributed by atoms with van der Waals surface area (Å²) in [6, 6.07) is 17.8. The summed E-state index contributed by atoms with van der Waals surface area (Å²) in [4.78, 5) is 14.1. The minimum atomic E-state index is -5.92. The summed E-state index contributed by atoms with van der Waals surface area (Å²) in [6.45, 7) is -0.157. The van der Waals surface area contributed by atoms with Gasteiger partial charge in [0.1, 0.15) is 18.4 Å². The summed E-state index contributed by atoms with van der Waals surface area (Å²) in [5.74, 6) is -0.103. The van der Waals surface area contributed by atoms with Crippen molar-refractivity contribution >= 4 is 16.2 Å². The first-order valence-corrected chi connectivity index (χ1v) is 13.9. The molecule has 1 unspecified atom stereocenters. The molecular weight excluding hydrogens is 523 g/mol. The Morgan fingerprint density at radius 3 is 2.21 bits per heavy atom. The molecular formula is C27H30F3NO6S. The van der Waals surface area contributed by atoms with Crippen LogP contribution in [-0.2, 0) is 30.4 Å². The lowest BCUT2D eigenvalue weighted by Crippen LogP contribution is -2.48. The van der Waals surface area contributed by atoms with E-state index in [4.69, 9.17) is 9.47 Å². The third kappa shape index (κ3) is 7.08. The second kappa shape index (κ2) is 12.2. The average Bonchev–Trinajstić information content (AvgIpc) is 2.91. The minimum Gasteiger partial charge on any atom is -0.445 e. The van der Waals surface area contributed by atoms with Gasteiger partial charge in [0.2, 0.25) is 0 Å². The van der Waals surface area contributed by atoms with E-state index < -0.39 is 33.5 Å². The number of carbonyl (C=O) groups excluding carboxylic acids is 1. The van der Waals surface area contributed by atoms with Crippen LogP contribution in [0.4, 0.5) is 18.0 Å². The standard InChI is InChI=1S/C27H30F3NO6S/c28-27(29,30)38(33,34)37-25-12-7-17-31(26(32)36-18-20-8-3-1-4-9-20)24(25)19-35-23-15-13-22(14-16-23)21-10-5-2-6-11-21/h1-6,8-12,22-24H,7,13-19H2/t22-,23+,24?. The highest BCUT2D eigenvalue weighted by Crippen LogP contribution is 2.35. The maximum atomic E-state index is 13.1. The quantitative estimate of drug-likeness (QED) is 0.300. The highest BCUT2D eigenvalue weighted by atomic mass is 32.2. The molecule has 1 atom stereocenters. The number of benzene rings is 2. The highest BCUT2D eigenvalue weighted by Gasteiger charge is 2.50. The van der Waals surface area contributed by atoms with Gasteiger partial charge in [0, 0.05) is 6.54 Å². The van der Waals surface area contributed by atoms with E-state index in [1.165, 1.54) is 16.5 Å². The molecule has 7 nitrogen and oxygen atoms in total. The fourth-order valence-electron chi connectivity index (χ4n) is 4.76. The molecule has 0 saturated heterocycles. The maximum Gasteiger partial charge on any atom is 0.534 e. The van der Waals surface area contributed by atoms with E-state index >= 15 is 0 Å². The number of amides is 1. The fourth-order valence-corrected chi connectivity index (χ4v) is 5.29. The third-order valence-electron chi connectivity index (χ3n) is 6.78. The third-order valence-corrected chi connectivity index (χ3v) is 7.76. The predicted molar refractivity (Wildman–Crippen MR) is 133 cm³/mol.